The third-order valence-electron chi connectivity index (χ3n) is 5.01. The third kappa shape index (κ3) is 5.74. The second kappa shape index (κ2) is 9.63. The lowest BCUT2D eigenvalue weighted by molar-refractivity contribution is -0.119. The lowest BCUT2D eigenvalue weighted by atomic mass is 10.1. The van der Waals surface area contributed by atoms with Gasteiger partial charge in [-0.15, -0.1) is 24.0 Å². The first-order chi connectivity index (χ1) is 12.5. The Morgan fingerprint density at radius 3 is 2.44 bits per heavy atom. The van der Waals surface area contributed by atoms with Crippen LogP contribution in [0.25, 0.3) is 0 Å². The van der Waals surface area contributed by atoms with Crippen molar-refractivity contribution in [1.29, 1.82) is 0 Å². The van der Waals surface area contributed by atoms with E-state index in [4.69, 9.17) is 5.73 Å². The quantitative estimate of drug-likeness (QED) is 0.331. The van der Waals surface area contributed by atoms with Gasteiger partial charge < -0.3 is 16.4 Å². The molecular formula is C18H26F2IN5O. The number of guanidine groups is 1. The van der Waals surface area contributed by atoms with E-state index in [1.165, 1.54) is 18.2 Å². The van der Waals surface area contributed by atoms with Crippen molar-refractivity contribution in [3.8, 4) is 0 Å². The van der Waals surface area contributed by atoms with E-state index in [0.717, 1.165) is 25.9 Å². The van der Waals surface area contributed by atoms with E-state index >= 15 is 0 Å². The Balaban J connectivity index is 0.00000261. The average Bonchev–Trinajstić information content (AvgIpc) is 3.34. The number of hydrogen-bond acceptors (Lipinski definition) is 3. The molecule has 0 radical (unpaired) electrons. The van der Waals surface area contributed by atoms with Crippen molar-refractivity contribution in [3.05, 3.63) is 35.4 Å². The van der Waals surface area contributed by atoms with Crippen LogP contribution in [-0.4, -0.2) is 55.5 Å². The minimum atomic E-state index is -0.496. The molecule has 2 fully saturated rings. The number of rotatable bonds is 5. The van der Waals surface area contributed by atoms with Gasteiger partial charge in [-0.1, -0.05) is 6.07 Å². The van der Waals surface area contributed by atoms with Crippen molar-refractivity contribution < 1.29 is 13.6 Å². The van der Waals surface area contributed by atoms with E-state index in [1.54, 1.807) is 7.05 Å². The minimum absolute atomic E-state index is 0. The fraction of sp³-hybridized carbons (Fsp3) is 0.556. The van der Waals surface area contributed by atoms with Crippen LogP contribution in [0.2, 0.25) is 0 Å². The average molecular weight is 493 g/mol. The number of amides is 1. The lowest BCUT2D eigenvalue weighted by Crippen LogP contribution is -2.50. The fourth-order valence-electron chi connectivity index (χ4n) is 3.53. The van der Waals surface area contributed by atoms with Gasteiger partial charge in [0.15, 0.2) is 5.96 Å². The van der Waals surface area contributed by atoms with Gasteiger partial charge in [0, 0.05) is 43.7 Å². The van der Waals surface area contributed by atoms with Crippen LogP contribution in [0.3, 0.4) is 0 Å². The van der Waals surface area contributed by atoms with Gasteiger partial charge in [-0.3, -0.25) is 14.7 Å². The summed E-state index contributed by atoms with van der Waals surface area (Å²) in [5.74, 6) is -0.836. The molecule has 27 heavy (non-hydrogen) atoms. The van der Waals surface area contributed by atoms with Gasteiger partial charge in [-0.05, 0) is 31.4 Å². The summed E-state index contributed by atoms with van der Waals surface area (Å²) >= 11 is 0. The maximum Gasteiger partial charge on any atom is 0.231 e. The number of halogens is 3. The predicted octanol–water partition coefficient (Wildman–Crippen LogP) is 1.55. The third-order valence-corrected chi connectivity index (χ3v) is 5.01. The molecule has 3 rings (SSSR count). The molecule has 9 heteroatoms. The largest absolute Gasteiger partial charge is 0.369 e. The molecular weight excluding hydrogens is 467 g/mol. The Kier molecular flexibility index (Phi) is 7.78. The summed E-state index contributed by atoms with van der Waals surface area (Å²) in [5.41, 5.74) is 5.38. The van der Waals surface area contributed by atoms with Crippen LogP contribution in [0.1, 0.15) is 30.7 Å². The highest BCUT2D eigenvalue weighted by atomic mass is 127. The van der Waals surface area contributed by atoms with E-state index in [-0.39, 0.29) is 60.0 Å². The molecule has 2 unspecified atom stereocenters. The van der Waals surface area contributed by atoms with Crippen molar-refractivity contribution in [2.75, 3.05) is 26.7 Å². The van der Waals surface area contributed by atoms with Gasteiger partial charge in [0.1, 0.15) is 11.6 Å². The number of hydrogen-bond donors (Lipinski definition) is 3. The molecule has 2 aliphatic rings. The number of likely N-dealkylation sites (tertiary alicyclic amines) is 1. The Bertz CT molecular complexity index is 674. The summed E-state index contributed by atoms with van der Waals surface area (Å²) in [4.78, 5) is 17.2. The van der Waals surface area contributed by atoms with Crippen LogP contribution in [0.15, 0.2) is 23.2 Å². The smallest absolute Gasteiger partial charge is 0.231 e. The number of carbonyl (C=O) groups excluding carboxylic acids is 1. The van der Waals surface area contributed by atoms with Gasteiger partial charge in [0.25, 0.3) is 0 Å². The number of carbonyl (C=O) groups is 1. The second-order valence-corrected chi connectivity index (χ2v) is 6.96. The first-order valence-corrected chi connectivity index (χ1v) is 8.92. The minimum Gasteiger partial charge on any atom is -0.369 e. The summed E-state index contributed by atoms with van der Waals surface area (Å²) in [7, 11) is 1.68. The topological polar surface area (TPSA) is 82.8 Å². The van der Waals surface area contributed by atoms with Gasteiger partial charge >= 0.3 is 0 Å². The Labute approximate surface area is 175 Å². The molecule has 1 aromatic rings. The summed E-state index contributed by atoms with van der Waals surface area (Å²) in [6.07, 6.45) is 2.43. The number of primary amides is 1. The van der Waals surface area contributed by atoms with E-state index in [1.807, 2.05) is 4.90 Å². The molecule has 1 saturated heterocycles. The summed E-state index contributed by atoms with van der Waals surface area (Å²) < 4.78 is 27.8. The molecule has 6 nitrogen and oxygen atoms in total. The highest BCUT2D eigenvalue weighted by Gasteiger charge is 2.42. The van der Waals surface area contributed by atoms with Crippen LogP contribution < -0.4 is 16.4 Å². The predicted molar refractivity (Wildman–Crippen MR) is 111 cm³/mol. The van der Waals surface area contributed by atoms with Gasteiger partial charge in [0.2, 0.25) is 5.91 Å². The van der Waals surface area contributed by atoms with Crippen molar-refractivity contribution >= 4 is 35.8 Å². The van der Waals surface area contributed by atoms with Crippen LogP contribution in [0.5, 0.6) is 0 Å². The van der Waals surface area contributed by atoms with Crippen LogP contribution in [0, 0.1) is 11.6 Å². The van der Waals surface area contributed by atoms with E-state index in [2.05, 4.69) is 15.6 Å². The molecule has 1 aromatic carbocycles. The fourth-order valence-corrected chi connectivity index (χ4v) is 3.53. The number of aliphatic imine (C=N–C) groups is 1. The summed E-state index contributed by atoms with van der Waals surface area (Å²) in [6, 6.07) is 4.18. The zero-order chi connectivity index (χ0) is 18.7. The monoisotopic (exact) mass is 493 g/mol. The molecule has 4 N–H and O–H groups in total. The van der Waals surface area contributed by atoms with Gasteiger partial charge in [-0.2, -0.15) is 0 Å². The molecule has 0 aromatic heterocycles. The highest BCUT2D eigenvalue weighted by molar-refractivity contribution is 14.0. The first-order valence-electron chi connectivity index (χ1n) is 8.92. The van der Waals surface area contributed by atoms with Crippen molar-refractivity contribution in [1.82, 2.24) is 15.5 Å². The van der Waals surface area contributed by atoms with Gasteiger partial charge in [-0.25, -0.2) is 8.78 Å². The maximum atomic E-state index is 13.9. The summed E-state index contributed by atoms with van der Waals surface area (Å²) in [6.45, 7) is 1.88. The molecule has 0 spiro atoms. The maximum absolute atomic E-state index is 13.9. The number of benzene rings is 1. The zero-order valence-electron chi connectivity index (χ0n) is 15.3. The molecule has 1 amide bonds. The molecule has 1 aliphatic heterocycles. The number of nitrogens with two attached hydrogens (primary N) is 1. The molecule has 1 heterocycles. The van der Waals surface area contributed by atoms with E-state index < -0.39 is 11.6 Å². The number of nitrogens with zero attached hydrogens (tertiary/aromatic N) is 2. The van der Waals surface area contributed by atoms with Crippen molar-refractivity contribution in [3.63, 3.8) is 0 Å². The van der Waals surface area contributed by atoms with Crippen molar-refractivity contribution in [2.45, 2.75) is 37.3 Å². The number of nitrogens with one attached hydrogen (secondary N) is 2. The van der Waals surface area contributed by atoms with E-state index in [9.17, 15) is 13.6 Å². The highest BCUT2D eigenvalue weighted by Crippen LogP contribution is 2.43. The molecule has 0 bridgehead atoms. The number of piperidine rings is 1. The second-order valence-electron chi connectivity index (χ2n) is 6.96. The standard InChI is InChI=1S/C18H25F2N5O.HI/c1-22-18(23-11-5-7-25(8-6-11)10-16(21)26)24-15-9-12(15)17-13(19)3-2-4-14(17)20;/h2-4,11-12,15H,5-10H2,1H3,(H2,21,26)(H2,22,23,24);1H. The SMILES string of the molecule is CN=C(NC1CCN(CC(N)=O)CC1)NC1CC1c1c(F)cccc1F.I. The van der Waals surface area contributed by atoms with Crippen LogP contribution in [0.4, 0.5) is 8.78 Å². The molecule has 150 valence electrons. The Hall–Kier alpha value is -1.49. The zero-order valence-corrected chi connectivity index (χ0v) is 17.6. The first kappa shape index (κ1) is 21.8. The molecule has 2 atom stereocenters. The van der Waals surface area contributed by atoms with Crippen LogP contribution >= 0.6 is 24.0 Å². The van der Waals surface area contributed by atoms with Crippen LogP contribution in [-0.2, 0) is 4.79 Å². The summed E-state index contributed by atoms with van der Waals surface area (Å²) in [5, 5.41) is 6.61. The Morgan fingerprint density at radius 1 is 1.26 bits per heavy atom. The molecule has 1 saturated carbocycles. The Morgan fingerprint density at radius 2 is 1.89 bits per heavy atom. The van der Waals surface area contributed by atoms with E-state index in [0.29, 0.717) is 12.4 Å². The van der Waals surface area contributed by atoms with Gasteiger partial charge in [0.05, 0.1) is 6.54 Å². The lowest BCUT2D eigenvalue weighted by Gasteiger charge is -2.32. The normalized spacial score (nSPS) is 23.4. The molecule has 1 aliphatic carbocycles. The van der Waals surface area contributed by atoms with Crippen molar-refractivity contribution in [2.24, 2.45) is 10.7 Å².